The third-order valence-electron chi connectivity index (χ3n) is 1.61. The van der Waals surface area contributed by atoms with Crippen LogP contribution >= 0.6 is 0 Å². The highest BCUT2D eigenvalue weighted by Crippen LogP contribution is 1.88. The summed E-state index contributed by atoms with van der Waals surface area (Å²) in [5.41, 5.74) is 5.05. The van der Waals surface area contributed by atoms with Gasteiger partial charge in [-0.05, 0) is 0 Å². The second-order valence-electron chi connectivity index (χ2n) is 2.79. The van der Waals surface area contributed by atoms with Crippen molar-refractivity contribution in [3.05, 3.63) is 0 Å². The molecule has 8 heteroatoms. The molecule has 0 rings (SSSR count). The molecule has 15 heavy (non-hydrogen) atoms. The second-order valence-corrected chi connectivity index (χ2v) is 3.81. The number of Topliss-reactive ketones (excluding diaryl/α,β-unsaturated/α-hetero) is 1. The topological polar surface area (TPSA) is 133 Å². The van der Waals surface area contributed by atoms with Crippen molar-refractivity contribution < 1.29 is 23.5 Å². The number of carbonyl (C=O) groups is 2. The van der Waals surface area contributed by atoms with Gasteiger partial charge in [0.15, 0.2) is 11.8 Å². The number of nitrogens with one attached hydrogen (secondary N) is 1. The lowest BCUT2D eigenvalue weighted by molar-refractivity contribution is -0.142. The van der Waals surface area contributed by atoms with Crippen LogP contribution in [0.15, 0.2) is 0 Å². The van der Waals surface area contributed by atoms with Gasteiger partial charge in [-0.25, -0.2) is 0 Å². The molecule has 0 spiro atoms. The van der Waals surface area contributed by atoms with Crippen molar-refractivity contribution in [1.82, 2.24) is 5.32 Å². The minimum Gasteiger partial charge on any atom is -0.772 e. The molecule has 7 nitrogen and oxygen atoms in total. The highest BCUT2D eigenvalue weighted by Gasteiger charge is 2.19. The molecule has 2 atom stereocenters. The molecule has 0 fully saturated rings. The van der Waals surface area contributed by atoms with Crippen molar-refractivity contribution in [2.75, 3.05) is 18.8 Å². The highest BCUT2D eigenvalue weighted by atomic mass is 32.2. The van der Waals surface area contributed by atoms with Crippen LogP contribution in [0.5, 0.6) is 0 Å². The minimum atomic E-state index is -2.11. The Hall–Kier alpha value is -0.830. The lowest BCUT2D eigenvalue weighted by atomic mass is 10.1. The summed E-state index contributed by atoms with van der Waals surface area (Å²) >= 11 is -2.11. The van der Waals surface area contributed by atoms with Crippen LogP contribution in [0.4, 0.5) is 0 Å². The Morgan fingerprint density at radius 3 is 2.53 bits per heavy atom. The van der Waals surface area contributed by atoms with Gasteiger partial charge in [0.25, 0.3) is 0 Å². The zero-order chi connectivity index (χ0) is 11.8. The number of carboxylic acids is 1. The SMILES string of the molecule is N[C@H](C(=O)O)C(=O)CCNCCS(=O)[O-]. The first-order valence-electron chi connectivity index (χ1n) is 4.23. The van der Waals surface area contributed by atoms with Gasteiger partial charge in [-0.2, -0.15) is 0 Å². The van der Waals surface area contributed by atoms with Crippen molar-refractivity contribution in [3.8, 4) is 0 Å². The summed E-state index contributed by atoms with van der Waals surface area (Å²) in [6.07, 6.45) is -0.0288. The first-order valence-corrected chi connectivity index (χ1v) is 5.47. The molecule has 0 aromatic carbocycles. The Labute approximate surface area is 89.3 Å². The molecule has 88 valence electrons. The summed E-state index contributed by atoms with van der Waals surface area (Å²) in [7, 11) is 0. The van der Waals surface area contributed by atoms with Crippen LogP contribution in [-0.4, -0.2) is 50.5 Å². The van der Waals surface area contributed by atoms with E-state index in [0.29, 0.717) is 0 Å². The molecule has 0 radical (unpaired) electrons. The fraction of sp³-hybridized carbons (Fsp3) is 0.714. The van der Waals surface area contributed by atoms with E-state index in [2.05, 4.69) is 5.32 Å². The Kier molecular flexibility index (Phi) is 7.05. The summed E-state index contributed by atoms with van der Waals surface area (Å²) in [5.74, 6) is -1.99. The number of carbonyl (C=O) groups excluding carboxylic acids is 1. The van der Waals surface area contributed by atoms with Crippen LogP contribution in [0.25, 0.3) is 0 Å². The number of ketones is 1. The third-order valence-corrected chi connectivity index (χ3v) is 2.14. The van der Waals surface area contributed by atoms with Gasteiger partial charge in [0.1, 0.15) is 0 Å². The molecule has 0 aromatic heterocycles. The largest absolute Gasteiger partial charge is 0.772 e. The fourth-order valence-electron chi connectivity index (χ4n) is 0.785. The first-order chi connectivity index (χ1) is 6.95. The maximum absolute atomic E-state index is 11.0. The number of rotatable bonds is 8. The number of hydrogen-bond acceptors (Lipinski definition) is 6. The first kappa shape index (κ1) is 14.2. The van der Waals surface area contributed by atoms with Crippen molar-refractivity contribution >= 4 is 22.8 Å². The van der Waals surface area contributed by atoms with E-state index in [4.69, 9.17) is 10.8 Å². The highest BCUT2D eigenvalue weighted by molar-refractivity contribution is 7.79. The fourth-order valence-corrected chi connectivity index (χ4v) is 1.10. The molecular weight excluding hydrogens is 224 g/mol. The van der Waals surface area contributed by atoms with Crippen LogP contribution in [0.3, 0.4) is 0 Å². The Bertz CT molecular complexity index is 258. The van der Waals surface area contributed by atoms with Crippen molar-refractivity contribution in [2.24, 2.45) is 5.73 Å². The summed E-state index contributed by atoms with van der Waals surface area (Å²) in [6, 6.07) is -1.50. The number of aliphatic carboxylic acids is 1. The van der Waals surface area contributed by atoms with Gasteiger partial charge in [-0.3, -0.25) is 13.8 Å². The molecule has 0 heterocycles. The normalized spacial score (nSPS) is 14.5. The number of nitrogens with two attached hydrogens (primary N) is 1. The van der Waals surface area contributed by atoms with E-state index in [1.807, 2.05) is 0 Å². The van der Waals surface area contributed by atoms with Crippen LogP contribution < -0.4 is 11.1 Å². The van der Waals surface area contributed by atoms with Crippen LogP contribution in [0.1, 0.15) is 6.42 Å². The van der Waals surface area contributed by atoms with E-state index in [1.165, 1.54) is 0 Å². The maximum atomic E-state index is 11.0. The molecule has 4 N–H and O–H groups in total. The zero-order valence-electron chi connectivity index (χ0n) is 7.97. The number of hydrogen-bond donors (Lipinski definition) is 3. The van der Waals surface area contributed by atoms with E-state index in [9.17, 15) is 18.4 Å². The Morgan fingerprint density at radius 1 is 1.47 bits per heavy atom. The minimum absolute atomic E-state index is 0.0288. The maximum Gasteiger partial charge on any atom is 0.328 e. The van der Waals surface area contributed by atoms with E-state index < -0.39 is 28.9 Å². The average Bonchev–Trinajstić information content (AvgIpc) is 2.15. The quantitative estimate of drug-likeness (QED) is 0.248. The van der Waals surface area contributed by atoms with Gasteiger partial charge in [0.05, 0.1) is 0 Å². The number of carboxylic acid groups (broad SMARTS) is 1. The van der Waals surface area contributed by atoms with Gasteiger partial charge in [-0.1, -0.05) is 11.1 Å². The lowest BCUT2D eigenvalue weighted by Gasteiger charge is -2.07. The van der Waals surface area contributed by atoms with Crippen LogP contribution in [0, 0.1) is 0 Å². The molecule has 0 aliphatic rings. The van der Waals surface area contributed by atoms with Gasteiger partial charge < -0.3 is 20.7 Å². The monoisotopic (exact) mass is 237 g/mol. The average molecular weight is 237 g/mol. The summed E-state index contributed by atoms with van der Waals surface area (Å²) in [5, 5.41) is 11.1. The molecular formula is C7H13N2O5S-. The van der Waals surface area contributed by atoms with Crippen LogP contribution in [0.2, 0.25) is 0 Å². The predicted molar refractivity (Wildman–Crippen MR) is 51.9 cm³/mol. The standard InChI is InChI=1S/C7H14N2O5S/c8-6(7(11)12)5(10)1-2-9-3-4-15(13)14/h6,9H,1-4,8H2,(H,11,12)(H,13,14)/p-1/t6-/m0/s1. The molecule has 0 amide bonds. The smallest absolute Gasteiger partial charge is 0.328 e. The van der Waals surface area contributed by atoms with E-state index in [1.54, 1.807) is 0 Å². The molecule has 0 saturated carbocycles. The van der Waals surface area contributed by atoms with E-state index in [0.717, 1.165) is 0 Å². The predicted octanol–water partition coefficient (Wildman–Crippen LogP) is -2.17. The zero-order valence-corrected chi connectivity index (χ0v) is 8.79. The summed E-state index contributed by atoms with van der Waals surface area (Å²) in [4.78, 5) is 21.3. The molecule has 0 aromatic rings. The van der Waals surface area contributed by atoms with Gasteiger partial charge in [0.2, 0.25) is 0 Å². The Morgan fingerprint density at radius 2 is 2.07 bits per heavy atom. The Balaban J connectivity index is 3.55. The van der Waals surface area contributed by atoms with E-state index >= 15 is 0 Å². The van der Waals surface area contributed by atoms with Gasteiger partial charge in [-0.15, -0.1) is 0 Å². The lowest BCUT2D eigenvalue weighted by Crippen LogP contribution is -2.39. The summed E-state index contributed by atoms with van der Waals surface area (Å²) < 4.78 is 20.2. The van der Waals surface area contributed by atoms with Gasteiger partial charge in [0, 0.05) is 25.3 Å². The molecule has 0 aliphatic heterocycles. The van der Waals surface area contributed by atoms with Crippen molar-refractivity contribution in [1.29, 1.82) is 0 Å². The molecule has 1 unspecified atom stereocenters. The molecule has 0 saturated heterocycles. The van der Waals surface area contributed by atoms with Crippen LogP contribution in [-0.2, 0) is 20.7 Å². The third kappa shape index (κ3) is 7.14. The second kappa shape index (κ2) is 7.46. The van der Waals surface area contributed by atoms with Crippen molar-refractivity contribution in [3.63, 3.8) is 0 Å². The summed E-state index contributed by atoms with van der Waals surface area (Å²) in [6.45, 7) is 0.447. The van der Waals surface area contributed by atoms with Gasteiger partial charge >= 0.3 is 5.97 Å². The molecule has 0 aliphatic carbocycles. The van der Waals surface area contributed by atoms with Crippen molar-refractivity contribution in [2.45, 2.75) is 12.5 Å². The molecule has 0 bridgehead atoms. The van der Waals surface area contributed by atoms with E-state index in [-0.39, 0.29) is 25.3 Å².